The number of fused-ring (bicyclic) bond motifs is 3. The summed E-state index contributed by atoms with van der Waals surface area (Å²) in [5, 5.41) is 0. The van der Waals surface area contributed by atoms with Gasteiger partial charge in [0, 0.05) is 22.5 Å². The number of rotatable bonds is 9. The van der Waals surface area contributed by atoms with Crippen molar-refractivity contribution in [3.63, 3.8) is 0 Å². The summed E-state index contributed by atoms with van der Waals surface area (Å²) >= 11 is 0. The average Bonchev–Trinajstić information content (AvgIpc) is 3.48. The van der Waals surface area contributed by atoms with Crippen molar-refractivity contribution >= 4 is 41.4 Å². The van der Waals surface area contributed by atoms with Gasteiger partial charge in [0.1, 0.15) is 0 Å². The lowest BCUT2D eigenvalue weighted by molar-refractivity contribution is 0.660. The fraction of sp³-hybridized carbons (Fsp3) is 0.0545. The van der Waals surface area contributed by atoms with Crippen molar-refractivity contribution in [2.45, 2.75) is 19.3 Å². The van der Waals surface area contributed by atoms with Gasteiger partial charge in [-0.25, -0.2) is 0 Å². The number of benzene rings is 8. The van der Waals surface area contributed by atoms with Gasteiger partial charge in [-0.1, -0.05) is 202 Å². The minimum atomic E-state index is -0.167. The van der Waals surface area contributed by atoms with Gasteiger partial charge in [-0.05, 0) is 103 Å². The first kappa shape index (κ1) is 34.8. The Kier molecular flexibility index (Phi) is 9.35. The predicted molar refractivity (Wildman–Crippen MR) is 240 cm³/mol. The summed E-state index contributed by atoms with van der Waals surface area (Å²) in [4.78, 5) is 2.39. The van der Waals surface area contributed by atoms with E-state index in [1.807, 2.05) is 0 Å². The van der Waals surface area contributed by atoms with E-state index in [-0.39, 0.29) is 5.41 Å². The summed E-state index contributed by atoms with van der Waals surface area (Å²) in [7, 11) is 0. The molecule has 0 fully saturated rings. The summed E-state index contributed by atoms with van der Waals surface area (Å²) in [6, 6.07) is 72.2. The third kappa shape index (κ3) is 6.92. The molecule has 56 heavy (non-hydrogen) atoms. The first-order valence-electron chi connectivity index (χ1n) is 19.4. The van der Waals surface area contributed by atoms with Crippen LogP contribution >= 0.6 is 0 Å². The van der Waals surface area contributed by atoms with Gasteiger partial charge in [-0.15, -0.1) is 0 Å². The molecule has 0 atom stereocenters. The van der Waals surface area contributed by atoms with E-state index in [4.69, 9.17) is 0 Å². The summed E-state index contributed by atoms with van der Waals surface area (Å²) in [5.74, 6) is 0. The van der Waals surface area contributed by atoms with Crippen LogP contribution in [0, 0.1) is 0 Å². The van der Waals surface area contributed by atoms with E-state index in [9.17, 15) is 0 Å². The van der Waals surface area contributed by atoms with Crippen molar-refractivity contribution in [1.29, 1.82) is 0 Å². The molecule has 0 unspecified atom stereocenters. The van der Waals surface area contributed by atoms with Crippen LogP contribution in [-0.4, -0.2) is 0 Å². The Balaban J connectivity index is 1.09. The SMILES string of the molecule is CC1(C)c2cc(C=Cc3ccccc3)ccc2-c2ccc(N(c3ccc(C=Cc4ccccc4)cc3)c3ccc(-c4ccccc4-c4ccccc4)cc3)cc21. The van der Waals surface area contributed by atoms with E-state index in [2.05, 4.69) is 243 Å². The van der Waals surface area contributed by atoms with Crippen LogP contribution in [-0.2, 0) is 5.41 Å². The smallest absolute Gasteiger partial charge is 0.0465 e. The highest BCUT2D eigenvalue weighted by atomic mass is 15.1. The number of nitrogens with zero attached hydrogens (tertiary/aromatic N) is 1. The molecule has 1 heteroatoms. The highest BCUT2D eigenvalue weighted by Crippen LogP contribution is 2.51. The van der Waals surface area contributed by atoms with Gasteiger partial charge < -0.3 is 4.90 Å². The summed E-state index contributed by atoms with van der Waals surface area (Å²) in [6.45, 7) is 4.73. The van der Waals surface area contributed by atoms with E-state index in [1.54, 1.807) is 0 Å². The average molecular weight is 718 g/mol. The van der Waals surface area contributed by atoms with E-state index in [0.717, 1.165) is 22.6 Å². The number of hydrogen-bond acceptors (Lipinski definition) is 1. The Labute approximate surface area is 331 Å². The molecule has 1 nitrogen and oxygen atoms in total. The highest BCUT2D eigenvalue weighted by molar-refractivity contribution is 5.88. The Morgan fingerprint density at radius 3 is 1.29 bits per heavy atom. The molecule has 0 saturated carbocycles. The fourth-order valence-electron chi connectivity index (χ4n) is 8.08. The Hall–Kier alpha value is -6.96. The van der Waals surface area contributed by atoms with E-state index in [1.165, 1.54) is 61.2 Å². The zero-order valence-corrected chi connectivity index (χ0v) is 31.8. The van der Waals surface area contributed by atoms with Crippen LogP contribution in [0.25, 0.3) is 57.7 Å². The van der Waals surface area contributed by atoms with Crippen molar-refractivity contribution < 1.29 is 0 Å². The molecule has 8 aromatic rings. The molecule has 0 saturated heterocycles. The third-order valence-electron chi connectivity index (χ3n) is 11.1. The van der Waals surface area contributed by atoms with Crippen molar-refractivity contribution in [3.05, 3.63) is 234 Å². The van der Waals surface area contributed by atoms with Gasteiger partial charge in [0.05, 0.1) is 0 Å². The maximum absolute atomic E-state index is 2.41. The van der Waals surface area contributed by atoms with Crippen molar-refractivity contribution in [1.82, 2.24) is 0 Å². The second kappa shape index (κ2) is 15.1. The summed E-state index contributed by atoms with van der Waals surface area (Å²) in [6.07, 6.45) is 8.77. The van der Waals surface area contributed by atoms with E-state index >= 15 is 0 Å². The van der Waals surface area contributed by atoms with Gasteiger partial charge in [0.25, 0.3) is 0 Å². The van der Waals surface area contributed by atoms with Gasteiger partial charge in [0.15, 0.2) is 0 Å². The fourth-order valence-corrected chi connectivity index (χ4v) is 8.08. The van der Waals surface area contributed by atoms with Gasteiger partial charge >= 0.3 is 0 Å². The molecule has 0 N–H and O–H groups in total. The second-order valence-electron chi connectivity index (χ2n) is 15.0. The number of anilines is 3. The second-order valence-corrected chi connectivity index (χ2v) is 15.0. The molecular weight excluding hydrogens is 675 g/mol. The van der Waals surface area contributed by atoms with Crippen molar-refractivity contribution in [2.24, 2.45) is 0 Å². The Bertz CT molecular complexity index is 2670. The zero-order valence-electron chi connectivity index (χ0n) is 31.8. The van der Waals surface area contributed by atoms with E-state index in [0.29, 0.717) is 0 Å². The highest BCUT2D eigenvalue weighted by Gasteiger charge is 2.36. The summed E-state index contributed by atoms with van der Waals surface area (Å²) in [5.41, 5.74) is 18.2. The minimum Gasteiger partial charge on any atom is -0.310 e. The molecule has 0 spiro atoms. The quantitative estimate of drug-likeness (QED) is 0.134. The normalized spacial score (nSPS) is 12.8. The zero-order chi connectivity index (χ0) is 37.9. The Morgan fingerprint density at radius 2 is 0.714 bits per heavy atom. The Morgan fingerprint density at radius 1 is 0.321 bits per heavy atom. The molecule has 0 aliphatic heterocycles. The van der Waals surface area contributed by atoms with Gasteiger partial charge in [-0.2, -0.15) is 0 Å². The molecule has 1 aliphatic carbocycles. The van der Waals surface area contributed by atoms with Crippen LogP contribution in [0.1, 0.15) is 47.2 Å². The standard InChI is InChI=1S/C55H43N/c1-55(2)53-38-43(25-24-41-16-8-4-9-17-41)28-36-51(53)52-37-35-48(39-54(52)55)56(46-31-26-42(27-32-46)23-22-40-14-6-3-7-15-40)47-33-29-45(30-34-47)50-21-13-12-20-49(50)44-18-10-5-11-19-44/h3-39H,1-2H3. The van der Waals surface area contributed by atoms with Gasteiger partial charge in [-0.3, -0.25) is 0 Å². The predicted octanol–water partition coefficient (Wildman–Crippen LogP) is 15.1. The van der Waals surface area contributed by atoms with Crippen LogP contribution in [0.4, 0.5) is 17.1 Å². The van der Waals surface area contributed by atoms with E-state index < -0.39 is 0 Å². The van der Waals surface area contributed by atoms with Crippen LogP contribution in [0.2, 0.25) is 0 Å². The molecule has 0 aromatic heterocycles. The molecule has 1 aliphatic rings. The number of hydrogen-bond donors (Lipinski definition) is 0. The lowest BCUT2D eigenvalue weighted by Crippen LogP contribution is -2.16. The van der Waals surface area contributed by atoms with Crippen LogP contribution < -0.4 is 4.90 Å². The van der Waals surface area contributed by atoms with Crippen LogP contribution in [0.3, 0.4) is 0 Å². The first-order valence-corrected chi connectivity index (χ1v) is 19.4. The molecule has 0 amide bonds. The molecule has 0 radical (unpaired) electrons. The molecule has 268 valence electrons. The lowest BCUT2D eigenvalue weighted by atomic mass is 9.81. The van der Waals surface area contributed by atoms with Crippen molar-refractivity contribution in [3.8, 4) is 33.4 Å². The minimum absolute atomic E-state index is 0.167. The van der Waals surface area contributed by atoms with Gasteiger partial charge in [0.2, 0.25) is 0 Å². The summed E-state index contributed by atoms with van der Waals surface area (Å²) < 4.78 is 0. The lowest BCUT2D eigenvalue weighted by Gasteiger charge is -2.28. The van der Waals surface area contributed by atoms with Crippen LogP contribution in [0.5, 0.6) is 0 Å². The third-order valence-corrected chi connectivity index (χ3v) is 11.1. The van der Waals surface area contributed by atoms with Crippen LogP contribution in [0.15, 0.2) is 200 Å². The topological polar surface area (TPSA) is 3.24 Å². The maximum atomic E-state index is 2.41. The molecule has 9 rings (SSSR count). The molecule has 0 bridgehead atoms. The monoisotopic (exact) mass is 717 g/mol. The first-order chi connectivity index (χ1) is 27.5. The molecule has 0 heterocycles. The largest absolute Gasteiger partial charge is 0.310 e. The molecule has 8 aromatic carbocycles. The molecular formula is C55H43N. The van der Waals surface area contributed by atoms with Crippen molar-refractivity contribution in [2.75, 3.05) is 4.90 Å². The maximum Gasteiger partial charge on any atom is 0.0465 e.